The molecule has 2 aliphatic rings. The Labute approximate surface area is 180 Å². The van der Waals surface area contributed by atoms with E-state index in [2.05, 4.69) is 17.0 Å². The van der Waals surface area contributed by atoms with E-state index in [-0.39, 0.29) is 11.9 Å². The number of pyridine rings is 1. The molecule has 1 aliphatic heterocycles. The smallest absolute Gasteiger partial charge is 0.261 e. The van der Waals surface area contributed by atoms with Gasteiger partial charge < -0.3 is 10.6 Å². The summed E-state index contributed by atoms with van der Waals surface area (Å²) in [7, 11) is 1.84. The van der Waals surface area contributed by atoms with Crippen molar-refractivity contribution in [3.8, 4) is 11.1 Å². The second-order valence-corrected chi connectivity index (χ2v) is 8.24. The van der Waals surface area contributed by atoms with E-state index >= 15 is 0 Å². The van der Waals surface area contributed by atoms with Gasteiger partial charge in [-0.1, -0.05) is 13.3 Å². The number of carbonyl (C=O) groups excluding carboxylic acids is 1. The number of nitrogens with zero attached hydrogens (tertiary/aromatic N) is 5. The number of fused-ring (bicyclic) bond motifs is 5. The van der Waals surface area contributed by atoms with Gasteiger partial charge in [-0.25, -0.2) is 9.37 Å². The van der Waals surface area contributed by atoms with Crippen LogP contribution in [-0.2, 0) is 7.05 Å². The second kappa shape index (κ2) is 7.37. The quantitative estimate of drug-likeness (QED) is 0.682. The summed E-state index contributed by atoms with van der Waals surface area (Å²) in [6, 6.07) is 6.38. The van der Waals surface area contributed by atoms with E-state index < -0.39 is 5.82 Å². The first-order valence-electron chi connectivity index (χ1n) is 10.7. The molecule has 0 spiro atoms. The zero-order valence-corrected chi connectivity index (χ0v) is 17.7. The highest BCUT2D eigenvalue weighted by Gasteiger charge is 2.39. The van der Waals surface area contributed by atoms with Gasteiger partial charge in [0, 0.05) is 43.2 Å². The zero-order valence-electron chi connectivity index (χ0n) is 17.7. The number of hydrogen-bond acceptors (Lipinski definition) is 5. The number of aryl methyl sites for hydroxylation is 1. The standard InChI is InChI=1S/C23H25FN6O/c1-3-4-9-29-19-11-15(24)5-8-17(19)23(31)30(16-6-7-16)22-18(13-28(2)27-22)14-10-20(29)21(25)26-12-14/h5,8,10-13,16H,3-4,6-7,9H2,1-2H3,(H2,25,26). The molecule has 160 valence electrons. The molecule has 1 fully saturated rings. The molecule has 7 nitrogen and oxygen atoms in total. The van der Waals surface area contributed by atoms with Crippen molar-refractivity contribution in [2.45, 2.75) is 38.6 Å². The molecule has 8 heteroatoms. The highest BCUT2D eigenvalue weighted by molar-refractivity contribution is 6.12. The van der Waals surface area contributed by atoms with Crippen LogP contribution in [0.25, 0.3) is 11.1 Å². The lowest BCUT2D eigenvalue weighted by Gasteiger charge is -2.31. The summed E-state index contributed by atoms with van der Waals surface area (Å²) in [5.74, 6) is 0.373. The van der Waals surface area contributed by atoms with Gasteiger partial charge in [-0.3, -0.25) is 14.4 Å². The van der Waals surface area contributed by atoms with Crippen LogP contribution in [0.3, 0.4) is 0 Å². The monoisotopic (exact) mass is 420 g/mol. The number of anilines is 4. The number of halogens is 1. The fourth-order valence-corrected chi connectivity index (χ4v) is 4.18. The van der Waals surface area contributed by atoms with Crippen molar-refractivity contribution in [1.29, 1.82) is 0 Å². The second-order valence-electron chi connectivity index (χ2n) is 8.24. The minimum atomic E-state index is -0.399. The van der Waals surface area contributed by atoms with Crippen LogP contribution in [0, 0.1) is 5.82 Å². The Morgan fingerprint density at radius 2 is 2.00 bits per heavy atom. The maximum Gasteiger partial charge on any atom is 0.261 e. The lowest BCUT2D eigenvalue weighted by molar-refractivity contribution is 0.0985. The van der Waals surface area contributed by atoms with E-state index in [0.717, 1.165) is 36.8 Å². The number of nitrogens with two attached hydrogens (primary N) is 1. The first kappa shape index (κ1) is 19.5. The summed E-state index contributed by atoms with van der Waals surface area (Å²) in [4.78, 5) is 22.0. The van der Waals surface area contributed by atoms with E-state index in [1.54, 1.807) is 21.8 Å². The van der Waals surface area contributed by atoms with Crippen LogP contribution in [0.5, 0.6) is 0 Å². The molecule has 31 heavy (non-hydrogen) atoms. The van der Waals surface area contributed by atoms with Crippen LogP contribution in [0.4, 0.5) is 27.4 Å². The summed E-state index contributed by atoms with van der Waals surface area (Å²) in [5.41, 5.74) is 9.55. The molecule has 1 aromatic carbocycles. The molecule has 0 saturated heterocycles. The molecule has 3 aromatic rings. The van der Waals surface area contributed by atoms with Crippen molar-refractivity contribution in [3.63, 3.8) is 0 Å². The van der Waals surface area contributed by atoms with Crippen LogP contribution in [0.1, 0.15) is 43.0 Å². The third-order valence-electron chi connectivity index (χ3n) is 5.88. The van der Waals surface area contributed by atoms with Gasteiger partial charge in [-0.2, -0.15) is 5.10 Å². The normalized spacial score (nSPS) is 15.6. The van der Waals surface area contributed by atoms with Crippen molar-refractivity contribution < 1.29 is 9.18 Å². The molecule has 1 amide bonds. The first-order chi connectivity index (χ1) is 15.0. The van der Waals surface area contributed by atoms with Gasteiger partial charge in [0.1, 0.15) is 11.6 Å². The number of benzene rings is 1. The average molecular weight is 420 g/mol. The van der Waals surface area contributed by atoms with Crippen molar-refractivity contribution in [2.75, 3.05) is 22.1 Å². The van der Waals surface area contributed by atoms with Crippen LogP contribution in [-0.4, -0.2) is 33.3 Å². The Morgan fingerprint density at radius 1 is 1.19 bits per heavy atom. The lowest BCUT2D eigenvalue weighted by Crippen LogP contribution is -2.36. The van der Waals surface area contributed by atoms with Crippen molar-refractivity contribution in [1.82, 2.24) is 14.8 Å². The predicted octanol–water partition coefficient (Wildman–Crippen LogP) is 4.26. The molecule has 0 radical (unpaired) electrons. The van der Waals surface area contributed by atoms with Gasteiger partial charge in [0.2, 0.25) is 0 Å². The van der Waals surface area contributed by atoms with Gasteiger partial charge in [0.25, 0.3) is 5.91 Å². The van der Waals surface area contributed by atoms with Gasteiger partial charge in [-0.15, -0.1) is 0 Å². The fourth-order valence-electron chi connectivity index (χ4n) is 4.18. The first-order valence-corrected chi connectivity index (χ1v) is 10.7. The summed E-state index contributed by atoms with van der Waals surface area (Å²) >= 11 is 0. The molecule has 1 saturated carbocycles. The molecule has 0 unspecified atom stereocenters. The van der Waals surface area contributed by atoms with Crippen molar-refractivity contribution in [3.05, 3.63) is 48.0 Å². The van der Waals surface area contributed by atoms with Gasteiger partial charge in [0.05, 0.1) is 16.9 Å². The minimum Gasteiger partial charge on any atom is -0.382 e. The third-order valence-corrected chi connectivity index (χ3v) is 5.88. The Balaban J connectivity index is 1.83. The Hall–Kier alpha value is -3.42. The average Bonchev–Trinajstić information content (AvgIpc) is 3.50. The molecular formula is C23H25FN6O. The number of hydrogen-bond donors (Lipinski definition) is 1. The van der Waals surface area contributed by atoms with E-state index in [1.165, 1.54) is 12.1 Å². The molecule has 5 rings (SSSR count). The highest BCUT2D eigenvalue weighted by atomic mass is 19.1. The van der Waals surface area contributed by atoms with E-state index in [1.807, 2.05) is 24.2 Å². The topological polar surface area (TPSA) is 80.3 Å². The lowest BCUT2D eigenvalue weighted by atomic mass is 10.0. The molecule has 2 aromatic heterocycles. The number of aromatic nitrogens is 3. The van der Waals surface area contributed by atoms with Crippen molar-refractivity contribution in [2.24, 2.45) is 7.05 Å². The molecule has 2 N–H and O–H groups in total. The summed E-state index contributed by atoms with van der Waals surface area (Å²) < 4.78 is 16.1. The number of unbranched alkanes of at least 4 members (excludes halogenated alkanes) is 1. The number of carbonyl (C=O) groups is 1. The predicted molar refractivity (Wildman–Crippen MR) is 119 cm³/mol. The summed E-state index contributed by atoms with van der Waals surface area (Å²) in [6.45, 7) is 2.69. The SMILES string of the molecule is CCCCN1c2cc(F)ccc2C(=O)N(C2CC2)c2nn(C)cc2-c2cnc(N)c1c2. The number of amides is 1. The fraction of sp³-hybridized carbons (Fsp3) is 0.348. The zero-order chi connectivity index (χ0) is 21.7. The van der Waals surface area contributed by atoms with Crippen LogP contribution in [0.2, 0.25) is 0 Å². The minimum absolute atomic E-state index is 0.0868. The van der Waals surface area contributed by atoms with E-state index in [9.17, 15) is 9.18 Å². The van der Waals surface area contributed by atoms with E-state index in [0.29, 0.717) is 35.1 Å². The molecule has 2 bridgehead atoms. The van der Waals surface area contributed by atoms with Gasteiger partial charge in [-0.05, 0) is 43.5 Å². The Morgan fingerprint density at radius 3 is 2.74 bits per heavy atom. The largest absolute Gasteiger partial charge is 0.382 e. The van der Waals surface area contributed by atoms with Gasteiger partial charge >= 0.3 is 0 Å². The maximum absolute atomic E-state index is 14.4. The molecule has 3 heterocycles. The summed E-state index contributed by atoms with van der Waals surface area (Å²) in [6.07, 6.45) is 7.26. The summed E-state index contributed by atoms with van der Waals surface area (Å²) in [5, 5.41) is 4.63. The van der Waals surface area contributed by atoms with Gasteiger partial charge in [0.15, 0.2) is 5.82 Å². The maximum atomic E-state index is 14.4. The van der Waals surface area contributed by atoms with Crippen LogP contribution >= 0.6 is 0 Å². The number of rotatable bonds is 4. The molecule has 0 atom stereocenters. The Kier molecular flexibility index (Phi) is 4.64. The van der Waals surface area contributed by atoms with Crippen LogP contribution < -0.4 is 15.5 Å². The van der Waals surface area contributed by atoms with Crippen LogP contribution in [0.15, 0.2) is 36.7 Å². The molecule has 1 aliphatic carbocycles. The third kappa shape index (κ3) is 3.32. The van der Waals surface area contributed by atoms with Crippen molar-refractivity contribution >= 4 is 28.9 Å². The Bertz CT molecular complexity index is 1170. The molecular weight excluding hydrogens is 395 g/mol. The highest BCUT2D eigenvalue weighted by Crippen LogP contribution is 2.43. The van der Waals surface area contributed by atoms with E-state index in [4.69, 9.17) is 5.73 Å². The number of nitrogen functional groups attached to an aromatic ring is 1.